The summed E-state index contributed by atoms with van der Waals surface area (Å²) in [5.41, 5.74) is 3.43. The maximum Gasteiger partial charge on any atom is 0.338 e. The Balaban J connectivity index is 2.32. The smallest absolute Gasteiger partial charge is 0.338 e. The highest BCUT2D eigenvalue weighted by atomic mass is 16.5. The first-order chi connectivity index (χ1) is 8.70. The monoisotopic (exact) mass is 241 g/mol. The van der Waals surface area contributed by atoms with Crippen molar-refractivity contribution in [1.82, 2.24) is 4.98 Å². The summed E-state index contributed by atoms with van der Waals surface area (Å²) in [4.78, 5) is 16.0. The minimum absolute atomic E-state index is 0.300. The number of aryl methyl sites for hydroxylation is 1. The Morgan fingerprint density at radius 3 is 2.78 bits per heavy atom. The predicted molar refractivity (Wildman–Crippen MR) is 70.4 cm³/mol. The third-order valence-electron chi connectivity index (χ3n) is 2.58. The molecule has 0 aliphatic heterocycles. The number of hydrogen-bond donors (Lipinski definition) is 0. The SMILES string of the molecule is CCOC(=O)c1cccc(-c2ccc(C)cn2)c1. The molecule has 1 heterocycles. The summed E-state index contributed by atoms with van der Waals surface area (Å²) in [6.07, 6.45) is 1.81. The molecule has 1 aromatic carbocycles. The van der Waals surface area contributed by atoms with Crippen LogP contribution in [0.25, 0.3) is 11.3 Å². The Kier molecular flexibility index (Phi) is 3.72. The van der Waals surface area contributed by atoms with Gasteiger partial charge in [0.15, 0.2) is 0 Å². The normalized spacial score (nSPS) is 10.1. The second-order valence-corrected chi connectivity index (χ2v) is 4.02. The Bertz CT molecular complexity index is 547. The maximum absolute atomic E-state index is 11.6. The minimum atomic E-state index is -0.300. The number of carbonyl (C=O) groups excluding carboxylic acids is 1. The van der Waals surface area contributed by atoms with Gasteiger partial charge in [-0.3, -0.25) is 4.98 Å². The zero-order valence-corrected chi connectivity index (χ0v) is 10.5. The van der Waals surface area contributed by atoms with Crippen molar-refractivity contribution < 1.29 is 9.53 Å². The zero-order chi connectivity index (χ0) is 13.0. The van der Waals surface area contributed by atoms with Crippen molar-refractivity contribution in [1.29, 1.82) is 0 Å². The zero-order valence-electron chi connectivity index (χ0n) is 10.5. The van der Waals surface area contributed by atoms with Crippen LogP contribution in [0.2, 0.25) is 0 Å². The lowest BCUT2D eigenvalue weighted by Gasteiger charge is -2.05. The van der Waals surface area contributed by atoms with Gasteiger partial charge in [0.25, 0.3) is 0 Å². The molecule has 3 heteroatoms. The molecule has 0 atom stereocenters. The van der Waals surface area contributed by atoms with Crippen LogP contribution in [-0.4, -0.2) is 17.6 Å². The van der Waals surface area contributed by atoms with Crippen molar-refractivity contribution in [3.8, 4) is 11.3 Å². The summed E-state index contributed by atoms with van der Waals surface area (Å²) in [7, 11) is 0. The highest BCUT2D eigenvalue weighted by Gasteiger charge is 2.07. The molecule has 0 fully saturated rings. The molecule has 1 aromatic heterocycles. The number of ether oxygens (including phenoxy) is 1. The topological polar surface area (TPSA) is 39.2 Å². The highest BCUT2D eigenvalue weighted by molar-refractivity contribution is 5.90. The van der Waals surface area contributed by atoms with E-state index in [4.69, 9.17) is 4.74 Å². The standard InChI is InChI=1S/C15H15NO2/c1-3-18-15(17)13-6-4-5-12(9-13)14-8-7-11(2)10-16-14/h4-10H,3H2,1-2H3. The van der Waals surface area contributed by atoms with E-state index in [-0.39, 0.29) is 5.97 Å². The van der Waals surface area contributed by atoms with Crippen molar-refractivity contribution in [2.24, 2.45) is 0 Å². The Labute approximate surface area is 106 Å². The molecular formula is C15H15NO2. The Hall–Kier alpha value is -2.16. The van der Waals surface area contributed by atoms with Gasteiger partial charge in [-0.15, -0.1) is 0 Å². The fraction of sp³-hybridized carbons (Fsp3) is 0.200. The molecule has 0 saturated heterocycles. The van der Waals surface area contributed by atoms with Gasteiger partial charge < -0.3 is 4.74 Å². The summed E-state index contributed by atoms with van der Waals surface area (Å²) in [6, 6.07) is 11.3. The van der Waals surface area contributed by atoms with E-state index < -0.39 is 0 Å². The third-order valence-corrected chi connectivity index (χ3v) is 2.58. The molecule has 0 bridgehead atoms. The van der Waals surface area contributed by atoms with Crippen LogP contribution in [0, 0.1) is 6.92 Å². The summed E-state index contributed by atoms with van der Waals surface area (Å²) in [5, 5.41) is 0. The molecule has 0 aliphatic rings. The molecule has 0 N–H and O–H groups in total. The van der Waals surface area contributed by atoms with Crippen LogP contribution in [0.1, 0.15) is 22.8 Å². The van der Waals surface area contributed by atoms with E-state index >= 15 is 0 Å². The van der Waals surface area contributed by atoms with Gasteiger partial charge in [0.2, 0.25) is 0 Å². The summed E-state index contributed by atoms with van der Waals surface area (Å²) < 4.78 is 4.98. The quantitative estimate of drug-likeness (QED) is 0.774. The molecule has 0 amide bonds. The first-order valence-electron chi connectivity index (χ1n) is 5.91. The van der Waals surface area contributed by atoms with Crippen molar-refractivity contribution in [3.05, 3.63) is 53.7 Å². The number of carbonyl (C=O) groups is 1. The molecule has 3 nitrogen and oxygen atoms in total. The second kappa shape index (κ2) is 5.45. The second-order valence-electron chi connectivity index (χ2n) is 4.02. The fourth-order valence-corrected chi connectivity index (χ4v) is 1.66. The van der Waals surface area contributed by atoms with Crippen LogP contribution in [-0.2, 0) is 4.74 Å². The average molecular weight is 241 g/mol. The molecule has 92 valence electrons. The number of benzene rings is 1. The van der Waals surface area contributed by atoms with Gasteiger partial charge in [-0.1, -0.05) is 18.2 Å². The molecule has 0 spiro atoms. The first kappa shape index (κ1) is 12.3. The minimum Gasteiger partial charge on any atom is -0.462 e. The Morgan fingerprint density at radius 1 is 1.28 bits per heavy atom. The predicted octanol–water partition coefficient (Wildman–Crippen LogP) is 3.23. The number of aromatic nitrogens is 1. The molecule has 0 saturated carbocycles. The van der Waals surface area contributed by atoms with Crippen LogP contribution in [0.4, 0.5) is 0 Å². The lowest BCUT2D eigenvalue weighted by atomic mass is 10.1. The molecular weight excluding hydrogens is 226 g/mol. The van der Waals surface area contributed by atoms with Crippen molar-refractivity contribution >= 4 is 5.97 Å². The number of hydrogen-bond acceptors (Lipinski definition) is 3. The van der Waals surface area contributed by atoms with E-state index in [1.807, 2.05) is 37.4 Å². The van der Waals surface area contributed by atoms with Crippen LogP contribution in [0.15, 0.2) is 42.6 Å². The van der Waals surface area contributed by atoms with Gasteiger partial charge in [0.05, 0.1) is 17.9 Å². The number of rotatable bonds is 3. The van der Waals surface area contributed by atoms with Crippen LogP contribution < -0.4 is 0 Å². The van der Waals surface area contributed by atoms with E-state index in [0.717, 1.165) is 16.8 Å². The Morgan fingerprint density at radius 2 is 2.11 bits per heavy atom. The number of nitrogens with zero attached hydrogens (tertiary/aromatic N) is 1. The number of esters is 1. The van der Waals surface area contributed by atoms with Gasteiger partial charge in [-0.2, -0.15) is 0 Å². The van der Waals surface area contributed by atoms with Crippen molar-refractivity contribution in [2.75, 3.05) is 6.61 Å². The molecule has 0 aliphatic carbocycles. The lowest BCUT2D eigenvalue weighted by molar-refractivity contribution is 0.0526. The van der Waals surface area contributed by atoms with Crippen LogP contribution in [0.3, 0.4) is 0 Å². The largest absolute Gasteiger partial charge is 0.462 e. The average Bonchev–Trinajstić information content (AvgIpc) is 2.40. The van der Waals surface area contributed by atoms with Crippen molar-refractivity contribution in [3.63, 3.8) is 0 Å². The van der Waals surface area contributed by atoms with E-state index in [2.05, 4.69) is 4.98 Å². The maximum atomic E-state index is 11.6. The van der Waals surface area contributed by atoms with Gasteiger partial charge in [-0.05, 0) is 37.6 Å². The van der Waals surface area contributed by atoms with Crippen LogP contribution in [0.5, 0.6) is 0 Å². The van der Waals surface area contributed by atoms with Crippen molar-refractivity contribution in [2.45, 2.75) is 13.8 Å². The lowest BCUT2D eigenvalue weighted by Crippen LogP contribution is -2.04. The molecule has 18 heavy (non-hydrogen) atoms. The van der Waals surface area contributed by atoms with Gasteiger partial charge in [0.1, 0.15) is 0 Å². The van der Waals surface area contributed by atoms with E-state index in [9.17, 15) is 4.79 Å². The highest BCUT2D eigenvalue weighted by Crippen LogP contribution is 2.18. The first-order valence-corrected chi connectivity index (χ1v) is 5.91. The number of pyridine rings is 1. The van der Waals surface area contributed by atoms with Gasteiger partial charge >= 0.3 is 5.97 Å². The van der Waals surface area contributed by atoms with Gasteiger partial charge in [0, 0.05) is 11.8 Å². The molecule has 2 rings (SSSR count). The summed E-state index contributed by atoms with van der Waals surface area (Å²) in [6.45, 7) is 4.17. The van der Waals surface area contributed by atoms with E-state index in [1.165, 1.54) is 0 Å². The third kappa shape index (κ3) is 2.74. The van der Waals surface area contributed by atoms with Crippen LogP contribution >= 0.6 is 0 Å². The van der Waals surface area contributed by atoms with Gasteiger partial charge in [-0.25, -0.2) is 4.79 Å². The summed E-state index contributed by atoms with van der Waals surface area (Å²) >= 11 is 0. The summed E-state index contributed by atoms with van der Waals surface area (Å²) in [5.74, 6) is -0.300. The molecule has 2 aromatic rings. The molecule has 0 radical (unpaired) electrons. The molecule has 0 unspecified atom stereocenters. The van der Waals surface area contributed by atoms with E-state index in [0.29, 0.717) is 12.2 Å². The van der Waals surface area contributed by atoms with E-state index in [1.54, 1.807) is 19.1 Å². The fourth-order valence-electron chi connectivity index (χ4n) is 1.66.